The second-order valence-corrected chi connectivity index (χ2v) is 6.80. The van der Waals surface area contributed by atoms with Gasteiger partial charge in [-0.2, -0.15) is 0 Å². The zero-order chi connectivity index (χ0) is 16.4. The molecule has 4 rings (SSSR count). The molecule has 0 N–H and O–H groups in total. The van der Waals surface area contributed by atoms with Crippen LogP contribution in [0.4, 0.5) is 0 Å². The van der Waals surface area contributed by atoms with Crippen LogP contribution >= 0.6 is 35.6 Å². The first kappa shape index (κ1) is 18.4. The normalized spacial score (nSPS) is 16.8. The summed E-state index contributed by atoms with van der Waals surface area (Å²) in [6, 6.07) is 28.1. The van der Waals surface area contributed by atoms with E-state index in [1.54, 1.807) is 0 Å². The van der Waals surface area contributed by atoms with Crippen LogP contribution in [0, 0.1) is 0 Å². The highest BCUT2D eigenvalue weighted by molar-refractivity contribution is 14.0. The molecule has 1 nitrogen and oxygen atoms in total. The molecule has 0 saturated carbocycles. The van der Waals surface area contributed by atoms with Crippen LogP contribution in [0.15, 0.2) is 78.9 Å². The number of hydrogen-bond acceptors (Lipinski definition) is 1. The molecule has 3 aromatic carbocycles. The number of fused-ring (bicyclic) bond motifs is 1. The number of halogens is 2. The van der Waals surface area contributed by atoms with E-state index in [1.165, 1.54) is 22.3 Å². The summed E-state index contributed by atoms with van der Waals surface area (Å²) in [6.07, 6.45) is 1.07. The van der Waals surface area contributed by atoms with Gasteiger partial charge in [0, 0.05) is 18.1 Å². The average Bonchev–Trinajstić information content (AvgIpc) is 2.63. The van der Waals surface area contributed by atoms with Crippen LogP contribution < -0.4 is 0 Å². The Labute approximate surface area is 171 Å². The molecule has 25 heavy (non-hydrogen) atoms. The van der Waals surface area contributed by atoms with E-state index in [2.05, 4.69) is 77.7 Å². The van der Waals surface area contributed by atoms with E-state index in [0.717, 1.165) is 24.5 Å². The predicted octanol–water partition coefficient (Wildman–Crippen LogP) is 6.11. The first-order chi connectivity index (χ1) is 11.8. The smallest absolute Gasteiger partial charge is 0.0608 e. The molecule has 128 valence electrons. The fourth-order valence-corrected chi connectivity index (χ4v) is 3.83. The molecule has 0 aromatic heterocycles. The SMILES string of the molecule is Clc1ccc2c(c1)C(c1ccccc1)N(Cc1ccccc1)CC2.I. The molecular weight excluding hydrogens is 441 g/mol. The van der Waals surface area contributed by atoms with Crippen LogP contribution in [0.3, 0.4) is 0 Å². The molecule has 1 aliphatic rings. The van der Waals surface area contributed by atoms with Crippen molar-refractivity contribution in [3.63, 3.8) is 0 Å². The molecule has 1 heterocycles. The lowest BCUT2D eigenvalue weighted by atomic mass is 9.88. The molecule has 0 aliphatic carbocycles. The molecule has 0 bridgehead atoms. The molecule has 3 aromatic rings. The first-order valence-corrected chi connectivity index (χ1v) is 8.80. The maximum absolute atomic E-state index is 6.32. The molecule has 0 radical (unpaired) electrons. The largest absolute Gasteiger partial charge is 0.288 e. The highest BCUT2D eigenvalue weighted by Crippen LogP contribution is 2.37. The second kappa shape index (κ2) is 8.35. The van der Waals surface area contributed by atoms with Gasteiger partial charge >= 0.3 is 0 Å². The van der Waals surface area contributed by atoms with E-state index in [0.29, 0.717) is 0 Å². The van der Waals surface area contributed by atoms with Crippen LogP contribution in [0.5, 0.6) is 0 Å². The Kier molecular flexibility index (Phi) is 6.15. The predicted molar refractivity (Wildman–Crippen MR) is 116 cm³/mol. The van der Waals surface area contributed by atoms with Crippen molar-refractivity contribution in [3.05, 3.63) is 106 Å². The van der Waals surface area contributed by atoms with Gasteiger partial charge in [-0.3, -0.25) is 4.90 Å². The minimum absolute atomic E-state index is 0. The van der Waals surface area contributed by atoms with Gasteiger partial charge in [-0.1, -0.05) is 78.3 Å². The van der Waals surface area contributed by atoms with E-state index in [9.17, 15) is 0 Å². The van der Waals surface area contributed by atoms with E-state index in [4.69, 9.17) is 11.6 Å². The van der Waals surface area contributed by atoms with Gasteiger partial charge in [-0.15, -0.1) is 24.0 Å². The van der Waals surface area contributed by atoms with E-state index in [-0.39, 0.29) is 30.0 Å². The average molecular weight is 462 g/mol. The summed E-state index contributed by atoms with van der Waals surface area (Å²) in [5, 5.41) is 0.816. The number of benzene rings is 3. The van der Waals surface area contributed by atoms with Crippen molar-refractivity contribution >= 4 is 35.6 Å². The molecule has 1 unspecified atom stereocenters. The maximum Gasteiger partial charge on any atom is 0.0608 e. The lowest BCUT2D eigenvalue weighted by Gasteiger charge is -2.38. The van der Waals surface area contributed by atoms with E-state index >= 15 is 0 Å². The Morgan fingerprint density at radius 1 is 0.880 bits per heavy atom. The van der Waals surface area contributed by atoms with Crippen molar-refractivity contribution < 1.29 is 0 Å². The Hall–Kier alpha value is -1.36. The van der Waals surface area contributed by atoms with E-state index in [1.807, 2.05) is 6.07 Å². The molecule has 0 saturated heterocycles. The van der Waals surface area contributed by atoms with Crippen molar-refractivity contribution in [1.29, 1.82) is 0 Å². The van der Waals surface area contributed by atoms with Gasteiger partial charge < -0.3 is 0 Å². The van der Waals surface area contributed by atoms with Crippen LogP contribution in [0.25, 0.3) is 0 Å². The van der Waals surface area contributed by atoms with Gasteiger partial charge in [0.2, 0.25) is 0 Å². The van der Waals surface area contributed by atoms with Crippen molar-refractivity contribution in [2.75, 3.05) is 6.54 Å². The summed E-state index contributed by atoms with van der Waals surface area (Å²) in [4.78, 5) is 2.56. The van der Waals surface area contributed by atoms with Gasteiger partial charge in [0.15, 0.2) is 0 Å². The number of nitrogens with zero attached hydrogens (tertiary/aromatic N) is 1. The van der Waals surface area contributed by atoms with Gasteiger partial charge in [0.1, 0.15) is 0 Å². The summed E-state index contributed by atoms with van der Waals surface area (Å²) < 4.78 is 0. The molecule has 1 aliphatic heterocycles. The molecule has 1 atom stereocenters. The van der Waals surface area contributed by atoms with Crippen molar-refractivity contribution in [2.45, 2.75) is 19.0 Å². The molecule has 0 fully saturated rings. The highest BCUT2D eigenvalue weighted by Gasteiger charge is 2.28. The monoisotopic (exact) mass is 461 g/mol. The van der Waals surface area contributed by atoms with Gasteiger partial charge in [-0.25, -0.2) is 0 Å². The highest BCUT2D eigenvalue weighted by atomic mass is 127. The van der Waals surface area contributed by atoms with Crippen LogP contribution in [0.2, 0.25) is 5.02 Å². The summed E-state index contributed by atoms with van der Waals surface area (Å²) in [5.74, 6) is 0. The standard InChI is InChI=1S/C22H20ClN.HI/c23-20-12-11-18-13-14-24(16-17-7-3-1-4-8-17)22(21(18)15-20)19-9-5-2-6-10-19;/h1-12,15,22H,13-14,16H2;1H. The minimum atomic E-state index is 0. The van der Waals surface area contributed by atoms with Crippen LogP contribution in [0.1, 0.15) is 28.3 Å². The summed E-state index contributed by atoms with van der Waals surface area (Å²) in [6.45, 7) is 2.01. The van der Waals surface area contributed by atoms with Gasteiger partial charge in [0.05, 0.1) is 6.04 Å². The summed E-state index contributed by atoms with van der Waals surface area (Å²) in [5.41, 5.74) is 5.44. The lowest BCUT2D eigenvalue weighted by Crippen LogP contribution is -2.35. The molecule has 0 amide bonds. The fourth-order valence-electron chi connectivity index (χ4n) is 3.65. The number of rotatable bonds is 3. The van der Waals surface area contributed by atoms with E-state index < -0.39 is 0 Å². The molecule has 0 spiro atoms. The van der Waals surface area contributed by atoms with Crippen molar-refractivity contribution in [2.24, 2.45) is 0 Å². The topological polar surface area (TPSA) is 3.24 Å². The van der Waals surface area contributed by atoms with Gasteiger partial charge in [0.25, 0.3) is 0 Å². The molecule has 3 heteroatoms. The quantitative estimate of drug-likeness (QED) is 0.426. The van der Waals surface area contributed by atoms with Crippen LogP contribution in [-0.4, -0.2) is 11.4 Å². The Bertz CT molecular complexity index is 820. The Morgan fingerprint density at radius 3 is 2.28 bits per heavy atom. The fraction of sp³-hybridized carbons (Fsp3) is 0.182. The number of hydrogen-bond donors (Lipinski definition) is 0. The van der Waals surface area contributed by atoms with Crippen molar-refractivity contribution in [1.82, 2.24) is 4.90 Å². The summed E-state index contributed by atoms with van der Waals surface area (Å²) >= 11 is 6.32. The lowest BCUT2D eigenvalue weighted by molar-refractivity contribution is 0.204. The first-order valence-electron chi connectivity index (χ1n) is 8.42. The third-order valence-electron chi connectivity index (χ3n) is 4.78. The van der Waals surface area contributed by atoms with Crippen molar-refractivity contribution in [3.8, 4) is 0 Å². The van der Waals surface area contributed by atoms with Gasteiger partial charge in [-0.05, 0) is 40.8 Å². The second-order valence-electron chi connectivity index (χ2n) is 6.36. The zero-order valence-electron chi connectivity index (χ0n) is 13.9. The third kappa shape index (κ3) is 4.08. The third-order valence-corrected chi connectivity index (χ3v) is 5.01. The Balaban J connectivity index is 0.00000182. The van der Waals surface area contributed by atoms with Crippen LogP contribution in [-0.2, 0) is 13.0 Å². The minimum Gasteiger partial charge on any atom is -0.288 e. The summed E-state index contributed by atoms with van der Waals surface area (Å²) in [7, 11) is 0. The molecular formula is C22H21ClIN. The maximum atomic E-state index is 6.32. The Morgan fingerprint density at radius 2 is 1.56 bits per heavy atom. The zero-order valence-corrected chi connectivity index (χ0v) is 17.0.